The molecule has 0 aliphatic carbocycles. The van der Waals surface area contributed by atoms with Gasteiger partial charge in [0.15, 0.2) is 17.2 Å². The molecule has 0 saturated heterocycles. The van der Waals surface area contributed by atoms with Crippen molar-refractivity contribution in [2.75, 3.05) is 20.8 Å². The molecule has 0 N–H and O–H groups in total. The largest absolute Gasteiger partial charge is 0.493 e. The summed E-state index contributed by atoms with van der Waals surface area (Å²) < 4.78 is 16.1. The van der Waals surface area contributed by atoms with Gasteiger partial charge in [0, 0.05) is 0 Å². The zero-order chi connectivity index (χ0) is 19.1. The van der Waals surface area contributed by atoms with E-state index < -0.39 is 0 Å². The highest BCUT2D eigenvalue weighted by Gasteiger charge is 2.11. The van der Waals surface area contributed by atoms with Gasteiger partial charge in [0.2, 0.25) is 0 Å². The van der Waals surface area contributed by atoms with Crippen molar-refractivity contribution in [3.05, 3.63) is 51.5 Å². The van der Waals surface area contributed by atoms with Gasteiger partial charge >= 0.3 is 0 Å². The van der Waals surface area contributed by atoms with Gasteiger partial charge in [-0.25, -0.2) is 0 Å². The lowest BCUT2D eigenvalue weighted by atomic mass is 10.0. The molecule has 0 fully saturated rings. The van der Waals surface area contributed by atoms with Crippen molar-refractivity contribution in [3.8, 4) is 23.3 Å². The Morgan fingerprint density at radius 3 is 2.27 bits per heavy atom. The molecule has 0 saturated carbocycles. The number of allylic oxidation sites excluding steroid dienone is 1. The van der Waals surface area contributed by atoms with Crippen LogP contribution in [-0.2, 0) is 0 Å². The number of methoxy groups -OCH3 is 2. The van der Waals surface area contributed by atoms with Crippen LogP contribution in [0, 0.1) is 11.3 Å². The summed E-state index contributed by atoms with van der Waals surface area (Å²) in [5.74, 6) is 1.60. The van der Waals surface area contributed by atoms with Crippen molar-refractivity contribution < 1.29 is 14.2 Å². The number of nitrogens with zero attached hydrogens (tertiary/aromatic N) is 1. The first kappa shape index (κ1) is 20.0. The molecule has 2 aromatic carbocycles. The molecule has 26 heavy (non-hydrogen) atoms. The lowest BCUT2D eigenvalue weighted by Crippen LogP contribution is -1.97. The van der Waals surface area contributed by atoms with Crippen LogP contribution in [0.15, 0.2) is 30.3 Å². The van der Waals surface area contributed by atoms with E-state index in [0.29, 0.717) is 50.6 Å². The van der Waals surface area contributed by atoms with E-state index >= 15 is 0 Å². The van der Waals surface area contributed by atoms with Crippen molar-refractivity contribution in [1.82, 2.24) is 0 Å². The zero-order valence-corrected chi connectivity index (χ0v) is 16.3. The smallest absolute Gasteiger partial charge is 0.161 e. The molecular formula is C20H19Cl2NO3. The van der Waals surface area contributed by atoms with E-state index in [4.69, 9.17) is 37.4 Å². The summed E-state index contributed by atoms with van der Waals surface area (Å²) >= 11 is 12.5. The highest BCUT2D eigenvalue weighted by molar-refractivity contribution is 6.37. The Bertz CT molecular complexity index is 834. The molecule has 4 nitrogen and oxygen atoms in total. The highest BCUT2D eigenvalue weighted by atomic mass is 35.5. The Labute approximate surface area is 163 Å². The van der Waals surface area contributed by atoms with Crippen molar-refractivity contribution in [3.63, 3.8) is 0 Å². The molecule has 2 aromatic rings. The van der Waals surface area contributed by atoms with Gasteiger partial charge in [-0.1, -0.05) is 30.1 Å². The molecular weight excluding hydrogens is 373 g/mol. The summed E-state index contributed by atoms with van der Waals surface area (Å²) in [7, 11) is 3.11. The van der Waals surface area contributed by atoms with E-state index in [2.05, 4.69) is 6.07 Å². The number of hydrogen-bond donors (Lipinski definition) is 0. The Kier molecular flexibility index (Phi) is 7.20. The van der Waals surface area contributed by atoms with E-state index in [9.17, 15) is 5.26 Å². The Hall–Kier alpha value is -2.35. The second kappa shape index (κ2) is 9.38. The maximum atomic E-state index is 9.56. The average molecular weight is 392 g/mol. The standard InChI is InChI=1S/C20H19Cl2NO3/c1-4-7-26-20-16(21)9-13(10-17(20)22)8-15(12-23)14-5-6-18(24-2)19(11-14)25-3/h5-6,8-11H,4,7H2,1-3H3/b15-8+. The maximum Gasteiger partial charge on any atom is 0.161 e. The minimum absolute atomic E-state index is 0.404. The summed E-state index contributed by atoms with van der Waals surface area (Å²) in [6.45, 7) is 2.53. The monoisotopic (exact) mass is 391 g/mol. The Morgan fingerprint density at radius 2 is 1.73 bits per heavy atom. The molecule has 0 aliphatic heterocycles. The molecule has 0 spiro atoms. The van der Waals surface area contributed by atoms with Crippen LogP contribution in [0.4, 0.5) is 0 Å². The predicted molar refractivity (Wildman–Crippen MR) is 105 cm³/mol. The summed E-state index contributed by atoms with van der Waals surface area (Å²) in [6, 6.07) is 10.9. The fourth-order valence-corrected chi connectivity index (χ4v) is 2.97. The van der Waals surface area contributed by atoms with Crippen LogP contribution >= 0.6 is 23.2 Å². The first-order chi connectivity index (χ1) is 12.5. The fraction of sp³-hybridized carbons (Fsp3) is 0.250. The number of nitriles is 1. The molecule has 0 heterocycles. The molecule has 0 amide bonds. The molecule has 0 atom stereocenters. The zero-order valence-electron chi connectivity index (χ0n) is 14.8. The number of halogens is 2. The fourth-order valence-electron chi connectivity index (χ4n) is 2.36. The van der Waals surface area contributed by atoms with Gasteiger partial charge in [0.1, 0.15) is 0 Å². The molecule has 0 unspecified atom stereocenters. The summed E-state index contributed by atoms with van der Waals surface area (Å²) in [4.78, 5) is 0. The first-order valence-electron chi connectivity index (χ1n) is 8.00. The van der Waals surface area contributed by atoms with Crippen LogP contribution in [0.1, 0.15) is 24.5 Å². The van der Waals surface area contributed by atoms with E-state index in [1.165, 1.54) is 0 Å². The molecule has 0 bridgehead atoms. The van der Waals surface area contributed by atoms with E-state index in [1.54, 1.807) is 50.6 Å². The second-order valence-electron chi connectivity index (χ2n) is 5.40. The van der Waals surface area contributed by atoms with Crippen LogP contribution in [-0.4, -0.2) is 20.8 Å². The molecule has 0 aliphatic rings. The highest BCUT2D eigenvalue weighted by Crippen LogP contribution is 2.36. The summed E-state index contributed by atoms with van der Waals surface area (Å²) in [5.41, 5.74) is 1.85. The Morgan fingerprint density at radius 1 is 1.08 bits per heavy atom. The van der Waals surface area contributed by atoms with Crippen LogP contribution in [0.3, 0.4) is 0 Å². The predicted octanol–water partition coefficient (Wildman–Crippen LogP) is 5.86. The Balaban J connectivity index is 2.42. The quantitative estimate of drug-likeness (QED) is 0.437. The lowest BCUT2D eigenvalue weighted by molar-refractivity contribution is 0.318. The van der Waals surface area contributed by atoms with Crippen molar-refractivity contribution in [2.24, 2.45) is 0 Å². The topological polar surface area (TPSA) is 51.5 Å². The van der Waals surface area contributed by atoms with E-state index in [-0.39, 0.29) is 0 Å². The molecule has 6 heteroatoms. The lowest BCUT2D eigenvalue weighted by Gasteiger charge is -2.11. The van der Waals surface area contributed by atoms with Crippen LogP contribution < -0.4 is 14.2 Å². The minimum Gasteiger partial charge on any atom is -0.493 e. The van der Waals surface area contributed by atoms with Gasteiger partial charge in [-0.3, -0.25) is 0 Å². The SMILES string of the molecule is CCCOc1c(Cl)cc(/C=C(\C#N)c2ccc(OC)c(OC)c2)cc1Cl. The third-order valence-electron chi connectivity index (χ3n) is 3.60. The minimum atomic E-state index is 0.404. The van der Waals surface area contributed by atoms with E-state index in [1.807, 2.05) is 6.92 Å². The van der Waals surface area contributed by atoms with Crippen LogP contribution in [0.2, 0.25) is 10.0 Å². The molecule has 0 aromatic heterocycles. The van der Waals surface area contributed by atoms with Gasteiger partial charge in [-0.15, -0.1) is 0 Å². The molecule has 0 radical (unpaired) electrons. The van der Waals surface area contributed by atoms with Crippen molar-refractivity contribution in [2.45, 2.75) is 13.3 Å². The second-order valence-corrected chi connectivity index (χ2v) is 6.22. The van der Waals surface area contributed by atoms with Gasteiger partial charge in [-0.2, -0.15) is 5.26 Å². The third-order valence-corrected chi connectivity index (χ3v) is 4.16. The number of hydrogen-bond acceptors (Lipinski definition) is 4. The van der Waals surface area contributed by atoms with Crippen LogP contribution in [0.25, 0.3) is 11.6 Å². The molecule has 136 valence electrons. The molecule has 2 rings (SSSR count). The van der Waals surface area contributed by atoms with E-state index in [0.717, 1.165) is 6.42 Å². The third kappa shape index (κ3) is 4.63. The van der Waals surface area contributed by atoms with Crippen LogP contribution in [0.5, 0.6) is 17.2 Å². The van der Waals surface area contributed by atoms with Gasteiger partial charge in [0.25, 0.3) is 0 Å². The van der Waals surface area contributed by atoms with Gasteiger partial charge in [-0.05, 0) is 54.0 Å². The van der Waals surface area contributed by atoms with Crippen molar-refractivity contribution in [1.29, 1.82) is 5.26 Å². The first-order valence-corrected chi connectivity index (χ1v) is 8.75. The number of ether oxygens (including phenoxy) is 3. The van der Waals surface area contributed by atoms with Crippen molar-refractivity contribution >= 4 is 34.9 Å². The summed E-state index contributed by atoms with van der Waals surface area (Å²) in [6.07, 6.45) is 2.56. The normalized spacial score (nSPS) is 11.0. The maximum absolute atomic E-state index is 9.56. The number of rotatable bonds is 7. The van der Waals surface area contributed by atoms with Gasteiger partial charge in [0.05, 0.1) is 42.5 Å². The average Bonchev–Trinajstić information content (AvgIpc) is 2.65. The summed E-state index contributed by atoms with van der Waals surface area (Å²) in [5, 5.41) is 10.4. The van der Waals surface area contributed by atoms with Gasteiger partial charge < -0.3 is 14.2 Å². The number of benzene rings is 2.